The van der Waals surface area contributed by atoms with Crippen molar-refractivity contribution in [1.29, 1.82) is 0 Å². The van der Waals surface area contributed by atoms with Crippen molar-refractivity contribution < 1.29 is 4.79 Å². The average Bonchev–Trinajstić information content (AvgIpc) is 2.63. The van der Waals surface area contributed by atoms with E-state index < -0.39 is 5.54 Å². The Morgan fingerprint density at radius 1 is 1.76 bits per heavy atom. The zero-order valence-electron chi connectivity index (χ0n) is 9.70. The Hall–Kier alpha value is -0.460. The summed E-state index contributed by atoms with van der Waals surface area (Å²) in [6.07, 6.45) is 5.37. The Labute approximate surface area is 113 Å². The molecule has 6 heteroatoms. The second-order valence-electron chi connectivity index (χ2n) is 4.78. The molecular formula is C11H16BrN3OS. The summed E-state index contributed by atoms with van der Waals surface area (Å²) in [5.41, 5.74) is 5.47. The van der Waals surface area contributed by atoms with E-state index in [9.17, 15) is 4.79 Å². The fourth-order valence-electron chi connectivity index (χ4n) is 2.33. The van der Waals surface area contributed by atoms with Gasteiger partial charge in [0.05, 0.1) is 15.5 Å². The predicted molar refractivity (Wildman–Crippen MR) is 73.0 cm³/mol. The SMILES string of the molecule is CC1CCCC(N)(C(=O)Nc2ncc(Br)s2)C1. The van der Waals surface area contributed by atoms with Crippen molar-refractivity contribution in [1.82, 2.24) is 4.98 Å². The minimum Gasteiger partial charge on any atom is -0.317 e. The number of carbonyl (C=O) groups is 1. The maximum Gasteiger partial charge on any atom is 0.246 e. The van der Waals surface area contributed by atoms with Crippen molar-refractivity contribution in [2.75, 3.05) is 5.32 Å². The van der Waals surface area contributed by atoms with Crippen molar-refractivity contribution in [2.24, 2.45) is 11.7 Å². The highest BCUT2D eigenvalue weighted by atomic mass is 79.9. The van der Waals surface area contributed by atoms with Crippen LogP contribution in [0.4, 0.5) is 5.13 Å². The van der Waals surface area contributed by atoms with Gasteiger partial charge in [-0.3, -0.25) is 4.79 Å². The number of amides is 1. The smallest absolute Gasteiger partial charge is 0.246 e. The topological polar surface area (TPSA) is 68.0 Å². The number of halogens is 1. The summed E-state index contributed by atoms with van der Waals surface area (Å²) in [5, 5.41) is 3.41. The highest BCUT2D eigenvalue weighted by Crippen LogP contribution is 2.32. The average molecular weight is 318 g/mol. The molecule has 94 valence electrons. The van der Waals surface area contributed by atoms with Crippen LogP contribution < -0.4 is 11.1 Å². The summed E-state index contributed by atoms with van der Waals surface area (Å²) in [7, 11) is 0. The Morgan fingerprint density at radius 3 is 3.12 bits per heavy atom. The molecule has 4 nitrogen and oxygen atoms in total. The third kappa shape index (κ3) is 3.05. The van der Waals surface area contributed by atoms with Crippen LogP contribution in [0.1, 0.15) is 32.6 Å². The molecular weight excluding hydrogens is 302 g/mol. The lowest BCUT2D eigenvalue weighted by molar-refractivity contribution is -0.122. The fourth-order valence-corrected chi connectivity index (χ4v) is 3.43. The second kappa shape index (κ2) is 5.04. The largest absolute Gasteiger partial charge is 0.317 e. The summed E-state index contributed by atoms with van der Waals surface area (Å²) >= 11 is 4.71. The fraction of sp³-hybridized carbons (Fsp3) is 0.636. The number of carbonyl (C=O) groups excluding carboxylic acids is 1. The summed E-state index contributed by atoms with van der Waals surface area (Å²) in [6.45, 7) is 2.15. The van der Waals surface area contributed by atoms with Gasteiger partial charge in [0.1, 0.15) is 0 Å². The molecule has 1 aliphatic carbocycles. The molecule has 0 spiro atoms. The molecule has 1 amide bonds. The second-order valence-corrected chi connectivity index (χ2v) is 7.19. The van der Waals surface area contributed by atoms with Gasteiger partial charge >= 0.3 is 0 Å². The standard InChI is InChI=1S/C11H16BrN3OS/c1-7-3-2-4-11(13,5-7)9(16)15-10-14-6-8(12)17-10/h6-7H,2-5,13H2,1H3,(H,14,15,16). The molecule has 2 rings (SSSR count). The van der Waals surface area contributed by atoms with Crippen LogP contribution in [0, 0.1) is 5.92 Å². The molecule has 1 aromatic rings. The van der Waals surface area contributed by atoms with Crippen molar-refractivity contribution in [3.8, 4) is 0 Å². The van der Waals surface area contributed by atoms with E-state index in [0.29, 0.717) is 11.0 Å². The molecule has 0 aliphatic heterocycles. The highest BCUT2D eigenvalue weighted by Gasteiger charge is 2.38. The third-order valence-electron chi connectivity index (χ3n) is 3.18. The van der Waals surface area contributed by atoms with Crippen LogP contribution in [0.15, 0.2) is 9.98 Å². The normalized spacial score (nSPS) is 29.0. The molecule has 17 heavy (non-hydrogen) atoms. The summed E-state index contributed by atoms with van der Waals surface area (Å²) < 4.78 is 0.899. The van der Waals surface area contributed by atoms with E-state index in [2.05, 4.69) is 33.2 Å². The molecule has 1 aromatic heterocycles. The molecule has 0 radical (unpaired) electrons. The van der Waals surface area contributed by atoms with Crippen LogP contribution in [0.2, 0.25) is 0 Å². The Kier molecular flexibility index (Phi) is 3.85. The maximum atomic E-state index is 12.2. The van der Waals surface area contributed by atoms with E-state index in [-0.39, 0.29) is 5.91 Å². The van der Waals surface area contributed by atoms with Crippen LogP contribution in [0.5, 0.6) is 0 Å². The van der Waals surface area contributed by atoms with Gasteiger partial charge in [-0.15, -0.1) is 0 Å². The van der Waals surface area contributed by atoms with Crippen LogP contribution >= 0.6 is 27.3 Å². The van der Waals surface area contributed by atoms with Gasteiger partial charge in [-0.05, 0) is 34.7 Å². The minimum atomic E-state index is -0.726. The predicted octanol–water partition coefficient (Wildman–Crippen LogP) is 2.75. The summed E-state index contributed by atoms with van der Waals surface area (Å²) in [6, 6.07) is 0. The molecule has 1 fully saturated rings. The Balaban J connectivity index is 2.03. The highest BCUT2D eigenvalue weighted by molar-refractivity contribution is 9.11. The van der Waals surface area contributed by atoms with Gasteiger partial charge < -0.3 is 11.1 Å². The van der Waals surface area contributed by atoms with E-state index in [4.69, 9.17) is 5.73 Å². The number of aromatic nitrogens is 1. The lowest BCUT2D eigenvalue weighted by Gasteiger charge is -2.34. The molecule has 0 saturated heterocycles. The van der Waals surface area contributed by atoms with Gasteiger partial charge in [-0.1, -0.05) is 31.1 Å². The zero-order chi connectivity index (χ0) is 12.5. The number of nitrogens with one attached hydrogen (secondary N) is 1. The van der Waals surface area contributed by atoms with Crippen molar-refractivity contribution >= 4 is 38.3 Å². The number of rotatable bonds is 2. The quantitative estimate of drug-likeness (QED) is 0.881. The molecule has 1 heterocycles. The first-order valence-electron chi connectivity index (χ1n) is 5.71. The van der Waals surface area contributed by atoms with Gasteiger partial charge in [0.15, 0.2) is 5.13 Å². The van der Waals surface area contributed by atoms with Gasteiger partial charge in [-0.2, -0.15) is 0 Å². The van der Waals surface area contributed by atoms with E-state index in [1.54, 1.807) is 6.20 Å². The molecule has 1 aliphatic rings. The number of thiazole rings is 1. The van der Waals surface area contributed by atoms with Crippen LogP contribution in [-0.2, 0) is 4.79 Å². The van der Waals surface area contributed by atoms with Crippen molar-refractivity contribution in [3.05, 3.63) is 9.98 Å². The minimum absolute atomic E-state index is 0.106. The van der Waals surface area contributed by atoms with E-state index in [1.165, 1.54) is 11.3 Å². The first-order valence-corrected chi connectivity index (χ1v) is 7.32. The van der Waals surface area contributed by atoms with Crippen LogP contribution in [0.3, 0.4) is 0 Å². The number of hydrogen-bond acceptors (Lipinski definition) is 4. The van der Waals surface area contributed by atoms with E-state index in [0.717, 1.165) is 29.5 Å². The summed E-state index contributed by atoms with van der Waals surface area (Å²) in [5.74, 6) is 0.411. The number of nitrogens with two attached hydrogens (primary N) is 1. The van der Waals surface area contributed by atoms with Gasteiger partial charge in [0.25, 0.3) is 0 Å². The first kappa shape index (κ1) is 13.0. The number of anilines is 1. The third-order valence-corrected chi connectivity index (χ3v) is 4.57. The van der Waals surface area contributed by atoms with Gasteiger partial charge in [-0.25, -0.2) is 4.98 Å². The molecule has 2 unspecified atom stereocenters. The molecule has 2 atom stereocenters. The Morgan fingerprint density at radius 2 is 2.53 bits per heavy atom. The summed E-state index contributed by atoms with van der Waals surface area (Å²) in [4.78, 5) is 16.2. The van der Waals surface area contributed by atoms with E-state index in [1.807, 2.05) is 0 Å². The van der Waals surface area contributed by atoms with Crippen LogP contribution in [-0.4, -0.2) is 16.4 Å². The number of hydrogen-bond donors (Lipinski definition) is 2. The maximum absolute atomic E-state index is 12.2. The van der Waals surface area contributed by atoms with E-state index >= 15 is 0 Å². The van der Waals surface area contributed by atoms with Crippen molar-refractivity contribution in [2.45, 2.75) is 38.1 Å². The van der Waals surface area contributed by atoms with Gasteiger partial charge in [0, 0.05) is 0 Å². The lowest BCUT2D eigenvalue weighted by atomic mass is 9.76. The lowest BCUT2D eigenvalue weighted by Crippen LogP contribution is -2.53. The monoisotopic (exact) mass is 317 g/mol. The zero-order valence-corrected chi connectivity index (χ0v) is 12.1. The molecule has 0 aromatic carbocycles. The number of nitrogens with zero attached hydrogens (tertiary/aromatic N) is 1. The van der Waals surface area contributed by atoms with Crippen molar-refractivity contribution in [3.63, 3.8) is 0 Å². The molecule has 1 saturated carbocycles. The molecule has 0 bridgehead atoms. The molecule has 3 N–H and O–H groups in total. The Bertz CT molecular complexity index is 423. The first-order chi connectivity index (χ1) is 7.99. The van der Waals surface area contributed by atoms with Gasteiger partial charge in [0.2, 0.25) is 5.91 Å². The van der Waals surface area contributed by atoms with Crippen LogP contribution in [0.25, 0.3) is 0 Å².